The van der Waals surface area contributed by atoms with Gasteiger partial charge in [0.15, 0.2) is 0 Å². The Morgan fingerprint density at radius 1 is 1.19 bits per heavy atom. The summed E-state index contributed by atoms with van der Waals surface area (Å²) in [6.07, 6.45) is 2.93. The van der Waals surface area contributed by atoms with E-state index in [0.717, 1.165) is 54.3 Å². The van der Waals surface area contributed by atoms with Gasteiger partial charge in [-0.1, -0.05) is 36.4 Å². The highest BCUT2D eigenvalue weighted by Gasteiger charge is 2.27. The SMILES string of the molecule is Cc1ncsc1C(=O)N1CCC[C@@H](c2cccc(Cc3ccccc3)n2)C1. The highest BCUT2D eigenvalue weighted by Crippen LogP contribution is 2.28. The van der Waals surface area contributed by atoms with E-state index in [9.17, 15) is 4.79 Å². The second-order valence-electron chi connectivity index (χ2n) is 7.07. The van der Waals surface area contributed by atoms with Crippen LogP contribution in [0.5, 0.6) is 0 Å². The lowest BCUT2D eigenvalue weighted by Gasteiger charge is -2.32. The molecule has 1 atom stereocenters. The van der Waals surface area contributed by atoms with E-state index in [4.69, 9.17) is 4.98 Å². The Morgan fingerprint density at radius 3 is 2.81 bits per heavy atom. The topological polar surface area (TPSA) is 46.1 Å². The molecule has 0 bridgehead atoms. The van der Waals surface area contributed by atoms with Gasteiger partial charge in [0, 0.05) is 36.8 Å². The van der Waals surface area contributed by atoms with Gasteiger partial charge in [-0.2, -0.15) is 0 Å². The number of thiazole rings is 1. The van der Waals surface area contributed by atoms with Crippen LogP contribution in [0.15, 0.2) is 54.0 Å². The van der Waals surface area contributed by atoms with Crippen LogP contribution in [-0.4, -0.2) is 33.9 Å². The average Bonchev–Trinajstić information content (AvgIpc) is 3.14. The molecule has 0 aliphatic carbocycles. The van der Waals surface area contributed by atoms with Crippen LogP contribution in [0.25, 0.3) is 0 Å². The van der Waals surface area contributed by atoms with Crippen molar-refractivity contribution < 1.29 is 4.79 Å². The average molecular weight is 378 g/mol. The first-order valence-electron chi connectivity index (χ1n) is 9.40. The lowest BCUT2D eigenvalue weighted by atomic mass is 9.93. The number of nitrogens with zero attached hydrogens (tertiary/aromatic N) is 3. The number of hydrogen-bond acceptors (Lipinski definition) is 4. The molecule has 2 aromatic heterocycles. The second kappa shape index (κ2) is 8.01. The van der Waals surface area contributed by atoms with Crippen molar-refractivity contribution in [2.45, 2.75) is 32.1 Å². The second-order valence-corrected chi connectivity index (χ2v) is 7.93. The molecule has 27 heavy (non-hydrogen) atoms. The molecule has 0 spiro atoms. The van der Waals surface area contributed by atoms with Crippen molar-refractivity contribution in [2.24, 2.45) is 0 Å². The third-order valence-corrected chi connectivity index (χ3v) is 6.04. The number of amides is 1. The van der Waals surface area contributed by atoms with E-state index in [1.165, 1.54) is 16.9 Å². The molecule has 1 aliphatic rings. The molecule has 4 nitrogen and oxygen atoms in total. The molecule has 138 valence electrons. The molecule has 1 amide bonds. The highest BCUT2D eigenvalue weighted by atomic mass is 32.1. The fraction of sp³-hybridized carbons (Fsp3) is 0.318. The van der Waals surface area contributed by atoms with E-state index in [1.54, 1.807) is 5.51 Å². The van der Waals surface area contributed by atoms with E-state index >= 15 is 0 Å². The van der Waals surface area contributed by atoms with Gasteiger partial charge >= 0.3 is 0 Å². The van der Waals surface area contributed by atoms with E-state index in [0.29, 0.717) is 5.92 Å². The number of piperidine rings is 1. The lowest BCUT2D eigenvalue weighted by molar-refractivity contribution is 0.0710. The standard InChI is InChI=1S/C22H23N3OS/c1-16-21(27-15-23-16)22(26)25-12-6-9-18(14-25)20-11-5-10-19(24-20)13-17-7-3-2-4-8-17/h2-5,7-8,10-11,15,18H,6,9,12-14H2,1H3/t18-/m1/s1. The number of pyridine rings is 1. The summed E-state index contributed by atoms with van der Waals surface area (Å²) in [5.74, 6) is 0.409. The predicted molar refractivity (Wildman–Crippen MR) is 108 cm³/mol. The summed E-state index contributed by atoms with van der Waals surface area (Å²) >= 11 is 1.43. The molecule has 0 radical (unpaired) electrons. The summed E-state index contributed by atoms with van der Waals surface area (Å²) in [5, 5.41) is 0. The molecular weight excluding hydrogens is 354 g/mol. The molecule has 0 saturated carbocycles. The molecule has 5 heteroatoms. The molecule has 3 heterocycles. The van der Waals surface area contributed by atoms with Crippen LogP contribution < -0.4 is 0 Å². The summed E-state index contributed by atoms with van der Waals surface area (Å²) in [6, 6.07) is 16.7. The third kappa shape index (κ3) is 4.08. The summed E-state index contributed by atoms with van der Waals surface area (Å²) in [4.78, 5) is 24.7. The van der Waals surface area contributed by atoms with E-state index < -0.39 is 0 Å². The summed E-state index contributed by atoms with van der Waals surface area (Å²) < 4.78 is 0. The minimum Gasteiger partial charge on any atom is -0.337 e. The zero-order valence-corrected chi connectivity index (χ0v) is 16.3. The smallest absolute Gasteiger partial charge is 0.265 e. The van der Waals surface area contributed by atoms with Crippen LogP contribution in [0.2, 0.25) is 0 Å². The molecular formula is C22H23N3OS. The van der Waals surface area contributed by atoms with Crippen molar-refractivity contribution in [3.8, 4) is 0 Å². The van der Waals surface area contributed by atoms with E-state index in [1.807, 2.05) is 17.9 Å². The molecule has 1 aliphatic heterocycles. The largest absolute Gasteiger partial charge is 0.337 e. The van der Waals surface area contributed by atoms with Gasteiger partial charge in [0.25, 0.3) is 5.91 Å². The summed E-state index contributed by atoms with van der Waals surface area (Å²) in [5.41, 5.74) is 6.03. The molecule has 0 N–H and O–H groups in total. The number of aromatic nitrogens is 2. The monoisotopic (exact) mass is 377 g/mol. The number of rotatable bonds is 4. The van der Waals surface area contributed by atoms with Crippen LogP contribution in [0.1, 0.15) is 51.1 Å². The van der Waals surface area contributed by atoms with Gasteiger partial charge in [0.05, 0.1) is 11.2 Å². The molecule has 0 unspecified atom stereocenters. The van der Waals surface area contributed by atoms with Crippen molar-refractivity contribution in [1.29, 1.82) is 0 Å². The van der Waals surface area contributed by atoms with Crippen LogP contribution in [0, 0.1) is 6.92 Å². The van der Waals surface area contributed by atoms with Crippen LogP contribution in [-0.2, 0) is 6.42 Å². The normalized spacial score (nSPS) is 17.1. The fourth-order valence-corrected chi connectivity index (χ4v) is 4.45. The Bertz CT molecular complexity index is 922. The van der Waals surface area contributed by atoms with Gasteiger partial charge in [-0.05, 0) is 37.5 Å². The zero-order chi connectivity index (χ0) is 18.6. The Labute approximate surface area is 163 Å². The minimum absolute atomic E-state index is 0.111. The summed E-state index contributed by atoms with van der Waals surface area (Å²) in [7, 11) is 0. The van der Waals surface area contributed by atoms with Gasteiger partial charge in [-0.25, -0.2) is 4.98 Å². The number of likely N-dealkylation sites (tertiary alicyclic amines) is 1. The maximum Gasteiger partial charge on any atom is 0.265 e. The molecule has 4 rings (SSSR count). The third-order valence-electron chi connectivity index (χ3n) is 5.12. The Kier molecular flexibility index (Phi) is 5.30. The lowest BCUT2D eigenvalue weighted by Crippen LogP contribution is -2.39. The van der Waals surface area contributed by atoms with E-state index in [2.05, 4.69) is 47.4 Å². The van der Waals surface area contributed by atoms with Crippen molar-refractivity contribution in [3.63, 3.8) is 0 Å². The van der Waals surface area contributed by atoms with Gasteiger partial charge in [-0.15, -0.1) is 11.3 Å². The minimum atomic E-state index is 0.111. The van der Waals surface area contributed by atoms with Crippen molar-refractivity contribution >= 4 is 17.2 Å². The number of carbonyl (C=O) groups is 1. The maximum atomic E-state index is 12.8. The maximum absolute atomic E-state index is 12.8. The molecule has 3 aromatic rings. The zero-order valence-electron chi connectivity index (χ0n) is 15.5. The van der Waals surface area contributed by atoms with Gasteiger partial charge in [0.2, 0.25) is 0 Å². The molecule has 1 saturated heterocycles. The number of hydrogen-bond donors (Lipinski definition) is 0. The highest BCUT2D eigenvalue weighted by molar-refractivity contribution is 7.11. The Hall–Kier alpha value is -2.53. The first kappa shape index (κ1) is 17.9. The number of carbonyl (C=O) groups excluding carboxylic acids is 1. The number of benzene rings is 1. The van der Waals surface area contributed by atoms with Crippen molar-refractivity contribution in [3.05, 3.63) is 81.6 Å². The van der Waals surface area contributed by atoms with E-state index in [-0.39, 0.29) is 5.91 Å². The Balaban J connectivity index is 1.49. The van der Waals surface area contributed by atoms with Crippen LogP contribution >= 0.6 is 11.3 Å². The van der Waals surface area contributed by atoms with Crippen molar-refractivity contribution in [1.82, 2.24) is 14.9 Å². The molecule has 1 aromatic carbocycles. The predicted octanol–water partition coefficient (Wildman–Crippen LogP) is 4.46. The fourth-order valence-electron chi connectivity index (χ4n) is 3.68. The first-order chi connectivity index (χ1) is 13.2. The quantitative estimate of drug-likeness (QED) is 0.674. The van der Waals surface area contributed by atoms with Crippen molar-refractivity contribution in [2.75, 3.05) is 13.1 Å². The molecule has 1 fully saturated rings. The number of aryl methyl sites for hydroxylation is 1. The van der Waals surface area contributed by atoms with Crippen LogP contribution in [0.4, 0.5) is 0 Å². The Morgan fingerprint density at radius 2 is 2.04 bits per heavy atom. The van der Waals surface area contributed by atoms with Gasteiger partial charge in [-0.3, -0.25) is 9.78 Å². The van der Waals surface area contributed by atoms with Gasteiger partial charge in [0.1, 0.15) is 4.88 Å². The summed E-state index contributed by atoms with van der Waals surface area (Å²) in [6.45, 7) is 3.45. The van der Waals surface area contributed by atoms with Gasteiger partial charge < -0.3 is 4.90 Å². The van der Waals surface area contributed by atoms with Crippen LogP contribution in [0.3, 0.4) is 0 Å². The first-order valence-corrected chi connectivity index (χ1v) is 10.3.